The average Bonchev–Trinajstić information content (AvgIpc) is 3.13. The lowest BCUT2D eigenvalue weighted by atomic mass is 10.2. The van der Waals surface area contributed by atoms with E-state index in [0.29, 0.717) is 38.1 Å². The van der Waals surface area contributed by atoms with Gasteiger partial charge in [0.15, 0.2) is 5.17 Å². The molecule has 3 aromatic rings. The van der Waals surface area contributed by atoms with E-state index in [-0.39, 0.29) is 18.1 Å². The van der Waals surface area contributed by atoms with Crippen molar-refractivity contribution in [3.8, 4) is 5.75 Å². The van der Waals surface area contributed by atoms with Gasteiger partial charge in [0.2, 0.25) is 0 Å². The van der Waals surface area contributed by atoms with E-state index in [4.69, 9.17) is 33.0 Å². The Labute approximate surface area is 230 Å². The lowest BCUT2D eigenvalue weighted by Crippen LogP contribution is -2.28. The maximum atomic E-state index is 13.0. The second-order valence-corrected chi connectivity index (χ2v) is 10.3. The van der Waals surface area contributed by atoms with Crippen molar-refractivity contribution >= 4 is 79.7 Å². The van der Waals surface area contributed by atoms with Gasteiger partial charge in [0.05, 0.1) is 20.6 Å². The van der Waals surface area contributed by atoms with Crippen molar-refractivity contribution in [1.29, 1.82) is 0 Å². The SMILES string of the molecule is CCN1C(=O)/C(=C/c2ccc(OCc3ccc(Cl)cc3Cl)c(Br)c2)SC1=Nc1ccc(C(=O)O)cc1. The molecule has 0 bridgehead atoms. The maximum absolute atomic E-state index is 13.0. The molecule has 0 saturated carbocycles. The number of rotatable bonds is 7. The van der Waals surface area contributed by atoms with E-state index < -0.39 is 5.97 Å². The van der Waals surface area contributed by atoms with E-state index >= 15 is 0 Å². The monoisotopic (exact) mass is 604 g/mol. The van der Waals surface area contributed by atoms with Gasteiger partial charge in [0, 0.05) is 22.2 Å². The fraction of sp³-hybridized carbons (Fsp3) is 0.115. The number of halogens is 3. The number of nitrogens with zero attached hydrogens (tertiary/aromatic N) is 2. The topological polar surface area (TPSA) is 79.2 Å². The number of thioether (sulfide) groups is 1. The van der Waals surface area contributed by atoms with Gasteiger partial charge in [-0.1, -0.05) is 35.3 Å². The molecule has 1 amide bonds. The summed E-state index contributed by atoms with van der Waals surface area (Å²) in [5.74, 6) is -0.510. The van der Waals surface area contributed by atoms with Gasteiger partial charge in [-0.3, -0.25) is 9.69 Å². The van der Waals surface area contributed by atoms with Crippen LogP contribution in [-0.2, 0) is 11.4 Å². The number of aliphatic imine (C=N–C) groups is 1. The van der Waals surface area contributed by atoms with Crippen LogP contribution >= 0.6 is 50.9 Å². The van der Waals surface area contributed by atoms with Crippen LogP contribution < -0.4 is 4.74 Å². The number of carboxylic acids is 1. The van der Waals surface area contributed by atoms with E-state index in [1.807, 2.05) is 31.2 Å². The summed E-state index contributed by atoms with van der Waals surface area (Å²) in [6.45, 7) is 2.61. The lowest BCUT2D eigenvalue weighted by molar-refractivity contribution is -0.122. The molecule has 1 aliphatic rings. The summed E-state index contributed by atoms with van der Waals surface area (Å²) in [6.07, 6.45) is 1.80. The number of carbonyl (C=O) groups is 2. The van der Waals surface area contributed by atoms with Crippen LogP contribution in [0.3, 0.4) is 0 Å². The van der Waals surface area contributed by atoms with Gasteiger partial charge < -0.3 is 9.84 Å². The van der Waals surface area contributed by atoms with Crippen LogP contribution in [0.25, 0.3) is 6.08 Å². The van der Waals surface area contributed by atoms with Crippen molar-refractivity contribution in [3.05, 3.63) is 96.8 Å². The van der Waals surface area contributed by atoms with E-state index in [1.165, 1.54) is 23.9 Å². The quantitative estimate of drug-likeness (QED) is 0.280. The number of amidine groups is 1. The van der Waals surface area contributed by atoms with Gasteiger partial charge in [-0.2, -0.15) is 0 Å². The Bertz CT molecular complexity index is 1390. The average molecular weight is 606 g/mol. The molecule has 184 valence electrons. The van der Waals surface area contributed by atoms with Crippen molar-refractivity contribution in [2.24, 2.45) is 4.99 Å². The summed E-state index contributed by atoms with van der Waals surface area (Å²) < 4.78 is 6.63. The molecule has 1 fully saturated rings. The smallest absolute Gasteiger partial charge is 0.335 e. The van der Waals surface area contributed by atoms with Gasteiger partial charge in [0.25, 0.3) is 5.91 Å². The van der Waals surface area contributed by atoms with E-state index in [2.05, 4.69) is 20.9 Å². The Morgan fingerprint density at radius 3 is 2.53 bits per heavy atom. The largest absolute Gasteiger partial charge is 0.488 e. The van der Waals surface area contributed by atoms with Crippen molar-refractivity contribution in [3.63, 3.8) is 0 Å². The lowest BCUT2D eigenvalue weighted by Gasteiger charge is -2.12. The molecule has 0 spiro atoms. The van der Waals surface area contributed by atoms with Crippen LogP contribution in [0.4, 0.5) is 5.69 Å². The highest BCUT2D eigenvalue weighted by molar-refractivity contribution is 9.10. The first kappa shape index (κ1) is 26.3. The molecule has 0 aromatic heterocycles. The summed E-state index contributed by atoms with van der Waals surface area (Å²) in [6, 6.07) is 17.0. The van der Waals surface area contributed by atoms with E-state index in [0.717, 1.165) is 15.6 Å². The predicted molar refractivity (Wildman–Crippen MR) is 148 cm³/mol. The summed E-state index contributed by atoms with van der Waals surface area (Å²) in [4.78, 5) is 30.7. The predicted octanol–water partition coefficient (Wildman–Crippen LogP) is 7.66. The minimum absolute atomic E-state index is 0.141. The van der Waals surface area contributed by atoms with Crippen molar-refractivity contribution in [2.75, 3.05) is 6.54 Å². The molecule has 1 aliphatic heterocycles. The molecule has 36 heavy (non-hydrogen) atoms. The Balaban J connectivity index is 1.50. The van der Waals surface area contributed by atoms with Crippen LogP contribution in [0.1, 0.15) is 28.4 Å². The van der Waals surface area contributed by atoms with Gasteiger partial charge in [0.1, 0.15) is 12.4 Å². The molecule has 3 aromatic carbocycles. The maximum Gasteiger partial charge on any atom is 0.335 e. The Morgan fingerprint density at radius 2 is 1.89 bits per heavy atom. The number of aromatic carboxylic acids is 1. The first-order chi connectivity index (χ1) is 17.2. The minimum Gasteiger partial charge on any atom is -0.488 e. The van der Waals surface area contributed by atoms with Gasteiger partial charge in [-0.05, 0) is 94.8 Å². The number of amides is 1. The van der Waals surface area contributed by atoms with Gasteiger partial charge in [-0.25, -0.2) is 9.79 Å². The molecular weight excluding hydrogens is 587 g/mol. The molecule has 0 unspecified atom stereocenters. The molecule has 10 heteroatoms. The highest BCUT2D eigenvalue weighted by Gasteiger charge is 2.32. The number of carboxylic acid groups (broad SMARTS) is 1. The number of ether oxygens (including phenoxy) is 1. The number of hydrogen-bond acceptors (Lipinski definition) is 5. The molecule has 4 rings (SSSR count). The van der Waals surface area contributed by atoms with Gasteiger partial charge in [-0.15, -0.1) is 0 Å². The molecule has 0 atom stereocenters. The fourth-order valence-electron chi connectivity index (χ4n) is 3.33. The zero-order valence-corrected chi connectivity index (χ0v) is 22.8. The number of benzene rings is 3. The standard InChI is InChI=1S/C26H19BrCl2N2O4S/c1-2-31-24(32)23(36-26(31)30-19-8-5-16(6-9-19)25(33)34)12-15-3-10-22(20(27)11-15)35-14-17-4-7-18(28)13-21(17)29/h3-13H,2,14H2,1H3,(H,33,34)/b23-12-,30-26?. The first-order valence-corrected chi connectivity index (χ1v) is 13.1. The summed E-state index contributed by atoms with van der Waals surface area (Å²) in [5.41, 5.74) is 2.38. The summed E-state index contributed by atoms with van der Waals surface area (Å²) in [5, 5.41) is 10.7. The minimum atomic E-state index is -1.00. The summed E-state index contributed by atoms with van der Waals surface area (Å²) in [7, 11) is 0. The highest BCUT2D eigenvalue weighted by atomic mass is 79.9. The Hall–Kier alpha value is -2.78. The molecule has 0 radical (unpaired) electrons. The van der Waals surface area contributed by atoms with Crippen LogP contribution in [0.15, 0.2) is 75.0 Å². The zero-order valence-electron chi connectivity index (χ0n) is 18.9. The van der Waals surface area contributed by atoms with Crippen molar-refractivity contribution < 1.29 is 19.4 Å². The molecular formula is C26H19BrCl2N2O4S. The fourth-order valence-corrected chi connectivity index (χ4v) is 5.37. The van der Waals surface area contributed by atoms with Crippen LogP contribution in [-0.4, -0.2) is 33.6 Å². The normalized spacial score (nSPS) is 15.7. The van der Waals surface area contributed by atoms with E-state index in [1.54, 1.807) is 35.2 Å². The molecule has 1 N–H and O–H groups in total. The number of hydrogen-bond donors (Lipinski definition) is 1. The molecule has 6 nitrogen and oxygen atoms in total. The van der Waals surface area contributed by atoms with E-state index in [9.17, 15) is 9.59 Å². The number of carbonyl (C=O) groups excluding carboxylic acids is 1. The molecule has 0 aliphatic carbocycles. The first-order valence-electron chi connectivity index (χ1n) is 10.7. The third kappa shape index (κ3) is 6.13. The summed E-state index contributed by atoms with van der Waals surface area (Å²) >= 11 is 17.0. The molecule has 1 heterocycles. The highest BCUT2D eigenvalue weighted by Crippen LogP contribution is 2.35. The van der Waals surface area contributed by atoms with Crippen molar-refractivity contribution in [1.82, 2.24) is 4.90 Å². The third-order valence-electron chi connectivity index (χ3n) is 5.20. The molecule has 1 saturated heterocycles. The second-order valence-electron chi connectivity index (χ2n) is 7.62. The number of likely N-dealkylation sites (N-methyl/N-ethyl adjacent to an activating group) is 1. The van der Waals surface area contributed by atoms with Gasteiger partial charge >= 0.3 is 5.97 Å². The van der Waals surface area contributed by atoms with Crippen LogP contribution in [0.2, 0.25) is 10.0 Å². The zero-order chi connectivity index (χ0) is 25.8. The van der Waals surface area contributed by atoms with Crippen molar-refractivity contribution in [2.45, 2.75) is 13.5 Å². The Morgan fingerprint density at radius 1 is 1.14 bits per heavy atom. The van der Waals surface area contributed by atoms with Crippen LogP contribution in [0.5, 0.6) is 5.75 Å². The third-order valence-corrected chi connectivity index (χ3v) is 7.41. The Kier molecular flexibility index (Phi) is 8.41. The second kappa shape index (κ2) is 11.5. The van der Waals surface area contributed by atoms with Crippen LogP contribution in [0, 0.1) is 0 Å².